The zero-order valence-corrected chi connectivity index (χ0v) is 27.8. The summed E-state index contributed by atoms with van der Waals surface area (Å²) in [4.78, 5) is 3.27. The summed E-state index contributed by atoms with van der Waals surface area (Å²) in [6.07, 6.45) is 0. The van der Waals surface area contributed by atoms with E-state index in [1.54, 1.807) is 0 Å². The molecule has 0 aliphatic heterocycles. The highest BCUT2D eigenvalue weighted by Gasteiger charge is 2.14. The average molecular weight is 647 g/mol. The first-order valence-corrected chi connectivity index (χ1v) is 16.9. The van der Waals surface area contributed by atoms with E-state index < -0.39 is 0 Å². The summed E-state index contributed by atoms with van der Waals surface area (Å²) in [5.74, 6) is 0. The lowest BCUT2D eigenvalue weighted by Crippen LogP contribution is -2.09. The highest BCUT2D eigenvalue weighted by atomic mass is 32.1. The van der Waals surface area contributed by atoms with Crippen LogP contribution in [-0.4, -0.2) is 0 Å². The maximum atomic E-state index is 4.70. The molecule has 0 aliphatic rings. The van der Waals surface area contributed by atoms with Crippen molar-refractivity contribution in [3.05, 3.63) is 194 Å². The molecule has 0 spiro atoms. The molecule has 0 aliphatic carbocycles. The summed E-state index contributed by atoms with van der Waals surface area (Å²) in [5.41, 5.74) is 12.3. The first kappa shape index (κ1) is 30.3. The van der Waals surface area contributed by atoms with Gasteiger partial charge in [0.25, 0.3) is 0 Å². The number of hydrogen-bond acceptors (Lipinski definition) is 3. The lowest BCUT2D eigenvalue weighted by atomic mass is 9.98. The van der Waals surface area contributed by atoms with E-state index in [0.717, 1.165) is 55.6 Å². The summed E-state index contributed by atoms with van der Waals surface area (Å²) < 4.78 is 0. The molecule has 49 heavy (non-hydrogen) atoms. The van der Waals surface area contributed by atoms with Gasteiger partial charge in [-0.25, -0.2) is 0 Å². The zero-order chi connectivity index (χ0) is 33.0. The summed E-state index contributed by atoms with van der Waals surface area (Å²) >= 11 is 4.70. The van der Waals surface area contributed by atoms with Gasteiger partial charge in [0.15, 0.2) is 0 Å². The maximum absolute atomic E-state index is 4.70. The van der Waals surface area contributed by atoms with Gasteiger partial charge in [-0.3, -0.25) is 0 Å². The second-order valence-electron chi connectivity index (χ2n) is 12.1. The molecule has 0 fully saturated rings. The van der Waals surface area contributed by atoms with Crippen LogP contribution in [0.15, 0.2) is 199 Å². The van der Waals surface area contributed by atoms with Crippen molar-refractivity contribution in [2.45, 2.75) is 4.90 Å². The van der Waals surface area contributed by atoms with Gasteiger partial charge in [0.05, 0.1) is 0 Å². The van der Waals surface area contributed by atoms with E-state index in [0.29, 0.717) is 0 Å². The molecular formula is C46H34N2S. The number of thiol groups is 1. The van der Waals surface area contributed by atoms with E-state index in [9.17, 15) is 0 Å². The van der Waals surface area contributed by atoms with E-state index in [4.69, 9.17) is 12.6 Å². The maximum Gasteiger partial charge on any atom is 0.0463 e. The number of rotatable bonds is 8. The van der Waals surface area contributed by atoms with E-state index in [1.165, 1.54) is 21.9 Å². The molecule has 0 unspecified atom stereocenters. The molecule has 0 radical (unpaired) electrons. The fourth-order valence-electron chi connectivity index (χ4n) is 6.46. The van der Waals surface area contributed by atoms with Gasteiger partial charge >= 0.3 is 0 Å². The Morgan fingerprint density at radius 3 is 1.69 bits per heavy atom. The van der Waals surface area contributed by atoms with Gasteiger partial charge < -0.3 is 10.2 Å². The van der Waals surface area contributed by atoms with E-state index in [2.05, 4.69) is 192 Å². The molecule has 0 atom stereocenters. The monoisotopic (exact) mass is 646 g/mol. The Labute approximate surface area is 293 Å². The van der Waals surface area contributed by atoms with Crippen LogP contribution in [-0.2, 0) is 0 Å². The summed E-state index contributed by atoms with van der Waals surface area (Å²) in [5, 5.41) is 6.19. The largest absolute Gasteiger partial charge is 0.355 e. The van der Waals surface area contributed by atoms with E-state index >= 15 is 0 Å². The minimum absolute atomic E-state index is 0.969. The molecule has 3 heteroatoms. The van der Waals surface area contributed by atoms with Crippen LogP contribution in [0.2, 0.25) is 0 Å². The van der Waals surface area contributed by atoms with Crippen molar-refractivity contribution in [1.82, 2.24) is 0 Å². The van der Waals surface area contributed by atoms with Gasteiger partial charge in [0, 0.05) is 38.9 Å². The van der Waals surface area contributed by atoms with Crippen molar-refractivity contribution in [1.29, 1.82) is 0 Å². The van der Waals surface area contributed by atoms with Gasteiger partial charge in [-0.05, 0) is 111 Å². The Bertz CT molecular complexity index is 2360. The SMILES string of the molecule is Sc1ccccc1-c1cccc(-c2ccccc2Nc2ccc(N(c3ccccc3)c3ccc(-c4ccc5ccccc5c4)cc3)cc2)c1. The van der Waals surface area contributed by atoms with E-state index in [-0.39, 0.29) is 0 Å². The number of hydrogen-bond donors (Lipinski definition) is 2. The third-order valence-electron chi connectivity index (χ3n) is 8.94. The normalized spacial score (nSPS) is 11.0. The predicted octanol–water partition coefficient (Wildman–Crippen LogP) is 13.3. The molecule has 8 rings (SSSR count). The first-order chi connectivity index (χ1) is 24.2. The summed E-state index contributed by atoms with van der Waals surface area (Å²) in [6, 6.07) is 68.6. The van der Waals surface area contributed by atoms with Gasteiger partial charge in [0.2, 0.25) is 0 Å². The minimum atomic E-state index is 0.969. The quantitative estimate of drug-likeness (QED) is 0.160. The third kappa shape index (κ3) is 6.45. The Morgan fingerprint density at radius 1 is 0.367 bits per heavy atom. The fraction of sp³-hybridized carbons (Fsp3) is 0. The van der Waals surface area contributed by atoms with Crippen LogP contribution in [0.3, 0.4) is 0 Å². The Kier molecular flexibility index (Phi) is 8.41. The van der Waals surface area contributed by atoms with Gasteiger partial charge in [-0.2, -0.15) is 0 Å². The van der Waals surface area contributed by atoms with Crippen LogP contribution in [0.4, 0.5) is 28.4 Å². The zero-order valence-electron chi connectivity index (χ0n) is 26.9. The second kappa shape index (κ2) is 13.6. The topological polar surface area (TPSA) is 15.3 Å². The fourth-order valence-corrected chi connectivity index (χ4v) is 6.75. The van der Waals surface area contributed by atoms with Crippen molar-refractivity contribution < 1.29 is 0 Å². The van der Waals surface area contributed by atoms with Crippen molar-refractivity contribution in [3.8, 4) is 33.4 Å². The van der Waals surface area contributed by atoms with Crippen molar-refractivity contribution >= 4 is 51.8 Å². The Hall–Kier alpha value is -6.03. The lowest BCUT2D eigenvalue weighted by Gasteiger charge is -2.26. The second-order valence-corrected chi connectivity index (χ2v) is 12.6. The Morgan fingerprint density at radius 2 is 0.939 bits per heavy atom. The smallest absolute Gasteiger partial charge is 0.0463 e. The lowest BCUT2D eigenvalue weighted by molar-refractivity contribution is 1.28. The standard InChI is InChI=1S/C46H34N2S/c49-46-20-9-7-18-44(46)38-14-10-13-37(32-38)43-17-6-8-19-45(43)47-39-25-29-42(30-26-39)48(40-15-2-1-3-16-40)41-27-23-34(24-28-41)36-22-21-33-11-4-5-12-35(33)31-36/h1-32,47,49H. The average Bonchev–Trinajstić information content (AvgIpc) is 3.17. The van der Waals surface area contributed by atoms with Crippen molar-refractivity contribution in [2.24, 2.45) is 0 Å². The van der Waals surface area contributed by atoms with Crippen molar-refractivity contribution in [3.63, 3.8) is 0 Å². The number of fused-ring (bicyclic) bond motifs is 1. The molecule has 0 saturated heterocycles. The number of para-hydroxylation sites is 2. The highest BCUT2D eigenvalue weighted by Crippen LogP contribution is 2.38. The van der Waals surface area contributed by atoms with Crippen molar-refractivity contribution in [2.75, 3.05) is 10.2 Å². The highest BCUT2D eigenvalue weighted by molar-refractivity contribution is 7.80. The van der Waals surface area contributed by atoms with E-state index in [1.807, 2.05) is 12.1 Å². The first-order valence-electron chi connectivity index (χ1n) is 16.5. The molecule has 0 heterocycles. The van der Waals surface area contributed by atoms with Gasteiger partial charge in [-0.1, -0.05) is 121 Å². The number of benzene rings is 8. The van der Waals surface area contributed by atoms with Crippen LogP contribution < -0.4 is 10.2 Å². The van der Waals surface area contributed by atoms with Crippen LogP contribution in [0, 0.1) is 0 Å². The van der Waals surface area contributed by atoms with Crippen LogP contribution in [0.5, 0.6) is 0 Å². The summed E-state index contributed by atoms with van der Waals surface area (Å²) in [6.45, 7) is 0. The van der Waals surface area contributed by atoms with Gasteiger partial charge in [0.1, 0.15) is 0 Å². The molecule has 0 amide bonds. The Balaban J connectivity index is 1.08. The number of nitrogens with one attached hydrogen (secondary N) is 1. The molecule has 0 bridgehead atoms. The molecule has 8 aromatic carbocycles. The molecular weight excluding hydrogens is 613 g/mol. The molecule has 0 aromatic heterocycles. The number of nitrogens with zero attached hydrogens (tertiary/aromatic N) is 1. The summed E-state index contributed by atoms with van der Waals surface area (Å²) in [7, 11) is 0. The molecule has 2 nitrogen and oxygen atoms in total. The molecule has 234 valence electrons. The molecule has 0 saturated carbocycles. The molecule has 8 aromatic rings. The minimum Gasteiger partial charge on any atom is -0.355 e. The molecule has 1 N–H and O–H groups in total. The number of anilines is 5. The van der Waals surface area contributed by atoms with Crippen LogP contribution >= 0.6 is 12.6 Å². The predicted molar refractivity (Wildman–Crippen MR) is 212 cm³/mol. The van der Waals surface area contributed by atoms with Gasteiger partial charge in [-0.15, -0.1) is 12.6 Å². The van der Waals surface area contributed by atoms with Crippen LogP contribution in [0.1, 0.15) is 0 Å². The third-order valence-corrected chi connectivity index (χ3v) is 9.33. The van der Waals surface area contributed by atoms with Crippen LogP contribution in [0.25, 0.3) is 44.2 Å².